The molecule has 1 fully saturated rings. The molecule has 1 heterocycles. The molecule has 2 rings (SSSR count). The summed E-state index contributed by atoms with van der Waals surface area (Å²) in [7, 11) is 1.49. The number of hydrogen-bond donors (Lipinski definition) is 0. The third-order valence-electron chi connectivity index (χ3n) is 2.96. The lowest BCUT2D eigenvalue weighted by Crippen LogP contribution is -2.40. The fourth-order valence-corrected chi connectivity index (χ4v) is 3.18. The van der Waals surface area contributed by atoms with Crippen molar-refractivity contribution in [1.29, 1.82) is 0 Å². The number of amides is 1. The molecule has 0 aromatic heterocycles. The van der Waals surface area contributed by atoms with Crippen LogP contribution in [-0.2, 0) is 9.59 Å². The van der Waals surface area contributed by atoms with Crippen molar-refractivity contribution in [3.05, 3.63) is 28.7 Å². The van der Waals surface area contributed by atoms with Crippen molar-refractivity contribution in [3.63, 3.8) is 0 Å². The van der Waals surface area contributed by atoms with Crippen LogP contribution in [0.2, 0.25) is 0 Å². The molecule has 124 valence electrons. The van der Waals surface area contributed by atoms with Gasteiger partial charge in [0.1, 0.15) is 10.9 Å². The summed E-state index contributed by atoms with van der Waals surface area (Å²) in [6.07, 6.45) is 6.75. The predicted octanol–water partition coefficient (Wildman–Crippen LogP) is 0.658. The Morgan fingerprint density at radius 2 is 2.25 bits per heavy atom. The van der Waals surface area contributed by atoms with Gasteiger partial charge in [-0.05, 0) is 23.8 Å². The van der Waals surface area contributed by atoms with Crippen molar-refractivity contribution in [2.75, 3.05) is 20.3 Å². The van der Waals surface area contributed by atoms with Crippen LogP contribution >= 0.6 is 24.0 Å². The lowest BCUT2D eigenvalue weighted by Gasteiger charge is -2.14. The number of carboxylic acids is 1. The fourth-order valence-electron chi connectivity index (χ4n) is 1.93. The van der Waals surface area contributed by atoms with E-state index in [2.05, 4.69) is 5.92 Å². The van der Waals surface area contributed by atoms with E-state index in [4.69, 9.17) is 28.1 Å². The standard InChI is InChI=1S/C16H13NO5S2/c1-3-6-22-11-5-4-10(7-12(11)21-2)8-13-15(20)17(9-14(18)19)16(23)24-13/h1,4-5,7-8H,6,9H2,2H3,(H,18,19)/p-1/b13-8-. The average molecular weight is 362 g/mol. The molecule has 0 unspecified atom stereocenters. The number of hydrogen-bond acceptors (Lipinski definition) is 7. The maximum Gasteiger partial charge on any atom is 0.266 e. The van der Waals surface area contributed by atoms with Crippen LogP contribution in [0, 0.1) is 12.3 Å². The van der Waals surface area contributed by atoms with Crippen LogP contribution in [0.15, 0.2) is 23.1 Å². The van der Waals surface area contributed by atoms with E-state index in [9.17, 15) is 14.7 Å². The second-order valence-corrected chi connectivity index (χ2v) is 6.22. The number of terminal acetylenes is 1. The van der Waals surface area contributed by atoms with Gasteiger partial charge in [0.2, 0.25) is 0 Å². The molecule has 1 amide bonds. The molecule has 1 aromatic rings. The van der Waals surface area contributed by atoms with Crippen LogP contribution in [0.25, 0.3) is 6.08 Å². The maximum absolute atomic E-state index is 12.2. The number of benzene rings is 1. The zero-order valence-corrected chi connectivity index (χ0v) is 14.2. The monoisotopic (exact) mass is 362 g/mol. The number of carbonyl (C=O) groups is 2. The smallest absolute Gasteiger partial charge is 0.266 e. The van der Waals surface area contributed by atoms with Crippen LogP contribution in [-0.4, -0.2) is 41.4 Å². The normalized spacial score (nSPS) is 15.5. The van der Waals surface area contributed by atoms with Crippen molar-refractivity contribution < 1.29 is 24.2 Å². The number of ether oxygens (including phenoxy) is 2. The number of methoxy groups -OCH3 is 1. The van der Waals surface area contributed by atoms with E-state index in [-0.39, 0.29) is 10.9 Å². The van der Waals surface area contributed by atoms with Gasteiger partial charge in [0.05, 0.1) is 24.5 Å². The van der Waals surface area contributed by atoms with Crippen molar-refractivity contribution in [1.82, 2.24) is 4.90 Å². The lowest BCUT2D eigenvalue weighted by molar-refractivity contribution is -0.305. The minimum absolute atomic E-state index is 0.109. The first-order chi connectivity index (χ1) is 11.5. The summed E-state index contributed by atoms with van der Waals surface area (Å²) in [5, 5.41) is 10.7. The Balaban J connectivity index is 2.25. The summed E-state index contributed by atoms with van der Waals surface area (Å²) in [6, 6.07) is 5.07. The largest absolute Gasteiger partial charge is 0.548 e. The number of thioether (sulfide) groups is 1. The van der Waals surface area contributed by atoms with Gasteiger partial charge in [-0.2, -0.15) is 0 Å². The van der Waals surface area contributed by atoms with E-state index < -0.39 is 18.4 Å². The minimum atomic E-state index is -1.37. The third-order valence-corrected chi connectivity index (χ3v) is 4.34. The van der Waals surface area contributed by atoms with Crippen LogP contribution in [0.3, 0.4) is 0 Å². The van der Waals surface area contributed by atoms with Gasteiger partial charge in [0, 0.05) is 0 Å². The van der Waals surface area contributed by atoms with E-state index in [0.29, 0.717) is 22.0 Å². The van der Waals surface area contributed by atoms with E-state index in [0.717, 1.165) is 16.7 Å². The van der Waals surface area contributed by atoms with Gasteiger partial charge in [0.15, 0.2) is 11.5 Å². The minimum Gasteiger partial charge on any atom is -0.548 e. The number of aliphatic carboxylic acids is 1. The molecule has 1 aliphatic rings. The van der Waals surface area contributed by atoms with Gasteiger partial charge in [-0.25, -0.2) is 0 Å². The molecule has 24 heavy (non-hydrogen) atoms. The average Bonchev–Trinajstić information content (AvgIpc) is 2.80. The molecule has 6 nitrogen and oxygen atoms in total. The molecule has 0 spiro atoms. The highest BCUT2D eigenvalue weighted by Gasteiger charge is 2.31. The highest BCUT2D eigenvalue weighted by atomic mass is 32.2. The molecule has 0 bridgehead atoms. The summed E-state index contributed by atoms with van der Waals surface area (Å²) in [4.78, 5) is 24.2. The summed E-state index contributed by atoms with van der Waals surface area (Å²) in [5.74, 6) is 1.46. The molecule has 0 N–H and O–H groups in total. The number of carbonyl (C=O) groups excluding carboxylic acids is 2. The van der Waals surface area contributed by atoms with E-state index in [1.165, 1.54) is 7.11 Å². The predicted molar refractivity (Wildman–Crippen MR) is 92.2 cm³/mol. The van der Waals surface area contributed by atoms with Gasteiger partial charge in [-0.1, -0.05) is 36.0 Å². The molecule has 1 aromatic carbocycles. The first kappa shape index (κ1) is 17.8. The molecule has 1 saturated heterocycles. The Morgan fingerprint density at radius 1 is 1.50 bits per heavy atom. The van der Waals surface area contributed by atoms with Crippen molar-refractivity contribution in [2.24, 2.45) is 0 Å². The van der Waals surface area contributed by atoms with Crippen LogP contribution in [0.4, 0.5) is 0 Å². The molecule has 0 saturated carbocycles. The van der Waals surface area contributed by atoms with Crippen LogP contribution in [0.1, 0.15) is 5.56 Å². The Labute approximate surface area is 148 Å². The molecule has 0 aliphatic carbocycles. The van der Waals surface area contributed by atoms with Gasteiger partial charge < -0.3 is 19.4 Å². The molecular weight excluding hydrogens is 350 g/mol. The van der Waals surface area contributed by atoms with Gasteiger partial charge in [0.25, 0.3) is 5.91 Å². The number of carboxylic acid groups (broad SMARTS) is 1. The zero-order valence-electron chi connectivity index (χ0n) is 12.6. The maximum atomic E-state index is 12.2. The second-order valence-electron chi connectivity index (χ2n) is 4.54. The number of nitrogens with zero attached hydrogens (tertiary/aromatic N) is 1. The zero-order chi connectivity index (χ0) is 17.7. The van der Waals surface area contributed by atoms with E-state index >= 15 is 0 Å². The van der Waals surface area contributed by atoms with Gasteiger partial charge in [-0.3, -0.25) is 9.69 Å². The van der Waals surface area contributed by atoms with Gasteiger partial charge >= 0.3 is 0 Å². The summed E-state index contributed by atoms with van der Waals surface area (Å²) in [6.45, 7) is -0.457. The molecule has 0 radical (unpaired) electrons. The number of thiocarbonyl (C=S) groups is 1. The van der Waals surface area contributed by atoms with Crippen molar-refractivity contribution >= 4 is 46.3 Å². The highest BCUT2D eigenvalue weighted by molar-refractivity contribution is 8.26. The van der Waals surface area contributed by atoms with Gasteiger partial charge in [-0.15, -0.1) is 6.42 Å². The Hall–Kier alpha value is -2.50. The lowest BCUT2D eigenvalue weighted by atomic mass is 10.2. The number of rotatable bonds is 6. The molecule has 1 aliphatic heterocycles. The molecule has 0 atom stereocenters. The highest BCUT2D eigenvalue weighted by Crippen LogP contribution is 2.34. The first-order valence-corrected chi connectivity index (χ1v) is 7.88. The topological polar surface area (TPSA) is 78.9 Å². The molecule has 8 heteroatoms. The second kappa shape index (κ2) is 7.86. The Morgan fingerprint density at radius 3 is 2.88 bits per heavy atom. The molecular formula is C16H12NO5S2-. The van der Waals surface area contributed by atoms with E-state index in [1.54, 1.807) is 24.3 Å². The first-order valence-electron chi connectivity index (χ1n) is 6.65. The van der Waals surface area contributed by atoms with Crippen LogP contribution in [0.5, 0.6) is 11.5 Å². The van der Waals surface area contributed by atoms with Crippen molar-refractivity contribution in [3.8, 4) is 23.8 Å². The Bertz CT molecular complexity index is 766. The fraction of sp³-hybridized carbons (Fsp3) is 0.188. The summed E-state index contributed by atoms with van der Waals surface area (Å²) < 4.78 is 10.8. The third kappa shape index (κ3) is 4.07. The summed E-state index contributed by atoms with van der Waals surface area (Å²) in [5.41, 5.74) is 0.675. The van der Waals surface area contributed by atoms with Crippen molar-refractivity contribution in [2.45, 2.75) is 0 Å². The van der Waals surface area contributed by atoms with Crippen LogP contribution < -0.4 is 14.6 Å². The van der Waals surface area contributed by atoms with E-state index in [1.807, 2.05) is 0 Å². The Kier molecular flexibility index (Phi) is 5.84. The SMILES string of the molecule is C#CCOc1ccc(/C=C2\SC(=S)N(CC(=O)[O-])C2=O)cc1OC. The summed E-state index contributed by atoms with van der Waals surface area (Å²) >= 11 is 6.05. The quantitative estimate of drug-likeness (QED) is 0.418.